The monoisotopic (exact) mass is 823 g/mol. The summed E-state index contributed by atoms with van der Waals surface area (Å²) in [6.07, 6.45) is 10.2. The molecule has 5 atom stereocenters. The van der Waals surface area contributed by atoms with Crippen molar-refractivity contribution in [1.82, 2.24) is 34.6 Å². The Kier molecular flexibility index (Phi) is 10.5. The molecule has 4 fully saturated rings. The summed E-state index contributed by atoms with van der Waals surface area (Å²) in [6.45, 7) is -0.0114. The third-order valence-corrected chi connectivity index (χ3v) is 14.1. The summed E-state index contributed by atoms with van der Waals surface area (Å²) in [4.78, 5) is 67.6. The summed E-state index contributed by atoms with van der Waals surface area (Å²) in [5.74, 6) is -1.47. The Hall–Kier alpha value is -5.51. The molecule has 3 saturated carbocycles. The van der Waals surface area contributed by atoms with Crippen LogP contribution in [0, 0.1) is 5.92 Å². The number of allylic oxidation sites excluding steroid dienone is 1. The predicted molar refractivity (Wildman–Crippen MR) is 217 cm³/mol. The highest BCUT2D eigenvalue weighted by Crippen LogP contribution is 2.46. The lowest BCUT2D eigenvalue weighted by Crippen LogP contribution is -2.58. The number of hydrogen-bond donors (Lipinski definition) is 3. The normalized spacial score (nSPS) is 27.2. The number of fused-ring (bicyclic) bond motifs is 5. The largest absolute Gasteiger partial charge is 0.473 e. The first kappa shape index (κ1) is 39.0. The van der Waals surface area contributed by atoms with Crippen LogP contribution in [0.5, 0.6) is 5.88 Å². The van der Waals surface area contributed by atoms with E-state index in [1.165, 1.54) is 4.90 Å². The van der Waals surface area contributed by atoms with E-state index in [0.717, 1.165) is 49.6 Å². The Bertz CT molecular complexity index is 2410. The minimum Gasteiger partial charge on any atom is -0.473 e. The van der Waals surface area contributed by atoms with Crippen LogP contribution < -0.4 is 20.1 Å². The van der Waals surface area contributed by atoms with Crippen molar-refractivity contribution in [3.05, 3.63) is 72.8 Å². The Morgan fingerprint density at radius 3 is 2.44 bits per heavy atom. The maximum atomic E-state index is 14.8. The van der Waals surface area contributed by atoms with Crippen molar-refractivity contribution in [1.29, 1.82) is 0 Å². The quantitative estimate of drug-likeness (QED) is 0.205. The molecule has 0 radical (unpaired) electrons. The van der Waals surface area contributed by atoms with Gasteiger partial charge in [0.05, 0.1) is 28.5 Å². The van der Waals surface area contributed by atoms with Crippen molar-refractivity contribution in [2.45, 2.75) is 119 Å². The standard InChI is InChI=1S/C43H49N7O8S/c51-38-36-23-30(57-37-24-34(27-13-5-4-6-14-27)45-41-44-32-18-11-12-20-35(32)50(37)41)26-49(36)39(52)33(46-42(54)58-29-16-9-10-17-29)19-8-3-1-2-7-15-28-25-43(28,47-38)40(53)48-59(55,56)31-21-22-31/h4-7,11-15,18,20,24,28-31,33,36H,1-3,8-10,16-17,19,21-23,25-26H2,(H,46,54)(H,47,51)(H,48,53)/b15-7-. The third-order valence-electron chi connectivity index (χ3n) is 12.3. The number of sulfonamides is 1. The highest BCUT2D eigenvalue weighted by atomic mass is 32.2. The Labute approximate surface area is 342 Å². The van der Waals surface area contributed by atoms with E-state index < -0.39 is 68.7 Å². The van der Waals surface area contributed by atoms with Crippen LogP contribution in [-0.4, -0.2) is 93.1 Å². The molecule has 0 bridgehead atoms. The lowest BCUT2D eigenvalue weighted by atomic mass is 10.0. The minimum atomic E-state index is -3.90. The molecule has 2 aliphatic heterocycles. The van der Waals surface area contributed by atoms with Gasteiger partial charge in [0.2, 0.25) is 33.5 Å². The number of para-hydroxylation sites is 2. The molecule has 5 unspecified atom stereocenters. The number of ether oxygens (including phenoxy) is 2. The van der Waals surface area contributed by atoms with Gasteiger partial charge >= 0.3 is 6.09 Å². The van der Waals surface area contributed by atoms with Crippen LogP contribution in [0.2, 0.25) is 0 Å². The van der Waals surface area contributed by atoms with Gasteiger partial charge in [-0.05, 0) is 76.3 Å². The van der Waals surface area contributed by atoms with Crippen LogP contribution >= 0.6 is 0 Å². The molecule has 59 heavy (non-hydrogen) atoms. The molecule has 9 rings (SSSR count). The molecule has 0 spiro atoms. The van der Waals surface area contributed by atoms with Crippen molar-refractivity contribution in [2.24, 2.45) is 5.92 Å². The van der Waals surface area contributed by atoms with E-state index in [2.05, 4.69) is 15.4 Å². The maximum absolute atomic E-state index is 14.8. The molecule has 1 saturated heterocycles. The predicted octanol–water partition coefficient (Wildman–Crippen LogP) is 4.94. The first-order valence-corrected chi connectivity index (χ1v) is 22.5. The van der Waals surface area contributed by atoms with Gasteiger partial charge < -0.3 is 25.0 Å². The van der Waals surface area contributed by atoms with Gasteiger partial charge in [0.1, 0.15) is 29.8 Å². The SMILES string of the molecule is O=C(NC1CCCCC/C=C\C2CC2(C(=O)NS(=O)(=O)C2CC2)NC(=O)C2CC(Oc3cc(-c4ccccc4)nc4nc5ccccc5n34)CN2C1=O)OC1CCCC1. The first-order chi connectivity index (χ1) is 28.6. The fourth-order valence-electron chi connectivity index (χ4n) is 8.82. The van der Waals surface area contributed by atoms with Crippen molar-refractivity contribution < 1.29 is 37.1 Å². The average Bonchev–Trinajstić information content (AvgIpc) is 4.03. The summed E-state index contributed by atoms with van der Waals surface area (Å²) in [7, 11) is -3.90. The molecule has 4 heterocycles. The lowest BCUT2D eigenvalue weighted by molar-refractivity contribution is -0.141. The molecular weight excluding hydrogens is 775 g/mol. The summed E-state index contributed by atoms with van der Waals surface area (Å²) < 4.78 is 42.5. The summed E-state index contributed by atoms with van der Waals surface area (Å²) in [5, 5.41) is 5.14. The molecule has 310 valence electrons. The van der Waals surface area contributed by atoms with E-state index in [9.17, 15) is 27.6 Å². The molecule has 2 aromatic heterocycles. The van der Waals surface area contributed by atoms with Crippen LogP contribution in [0.1, 0.15) is 83.5 Å². The molecule has 2 aromatic carbocycles. The Morgan fingerprint density at radius 1 is 0.881 bits per heavy atom. The number of carbonyl (C=O) groups excluding carboxylic acids is 4. The van der Waals surface area contributed by atoms with E-state index in [1.54, 1.807) is 0 Å². The van der Waals surface area contributed by atoms with Crippen LogP contribution in [-0.2, 0) is 29.1 Å². The minimum absolute atomic E-state index is 0.0114. The smallest absolute Gasteiger partial charge is 0.408 e. The zero-order valence-corrected chi connectivity index (χ0v) is 33.6. The van der Waals surface area contributed by atoms with E-state index in [1.807, 2.05) is 77.2 Å². The number of rotatable bonds is 8. The van der Waals surface area contributed by atoms with Crippen molar-refractivity contribution in [3.8, 4) is 17.1 Å². The van der Waals surface area contributed by atoms with Crippen LogP contribution in [0.25, 0.3) is 28.1 Å². The van der Waals surface area contributed by atoms with Crippen LogP contribution in [0.15, 0.2) is 72.8 Å². The second-order valence-electron chi connectivity index (χ2n) is 16.6. The number of amides is 4. The number of alkyl carbamates (subject to hydrolysis) is 1. The number of hydrogen-bond acceptors (Lipinski definition) is 10. The second kappa shape index (κ2) is 15.9. The molecular formula is C43H49N7O8S. The summed E-state index contributed by atoms with van der Waals surface area (Å²) >= 11 is 0. The number of nitrogens with one attached hydrogen (secondary N) is 3. The van der Waals surface area contributed by atoms with Gasteiger partial charge in [0.15, 0.2) is 0 Å². The van der Waals surface area contributed by atoms with E-state index in [4.69, 9.17) is 19.4 Å². The van der Waals surface area contributed by atoms with Gasteiger partial charge in [0, 0.05) is 24.0 Å². The number of imidazole rings is 1. The Morgan fingerprint density at radius 2 is 1.64 bits per heavy atom. The lowest BCUT2D eigenvalue weighted by Gasteiger charge is -2.30. The molecule has 3 N–H and O–H groups in total. The molecule has 4 amide bonds. The van der Waals surface area contributed by atoms with Gasteiger partial charge in [-0.1, -0.05) is 67.5 Å². The van der Waals surface area contributed by atoms with Crippen molar-refractivity contribution in [3.63, 3.8) is 0 Å². The second-order valence-corrected chi connectivity index (χ2v) is 18.5. The molecule has 3 aliphatic carbocycles. The highest BCUT2D eigenvalue weighted by molar-refractivity contribution is 7.91. The zero-order chi connectivity index (χ0) is 40.7. The van der Waals surface area contributed by atoms with E-state index in [0.29, 0.717) is 55.0 Å². The van der Waals surface area contributed by atoms with Crippen molar-refractivity contribution >= 4 is 50.6 Å². The summed E-state index contributed by atoms with van der Waals surface area (Å²) in [5.41, 5.74) is 1.43. The fraction of sp³-hybridized carbons (Fsp3) is 0.488. The van der Waals surface area contributed by atoms with Crippen LogP contribution in [0.4, 0.5) is 4.79 Å². The molecule has 16 heteroatoms. The molecule has 5 aliphatic rings. The van der Waals surface area contributed by atoms with Gasteiger partial charge in [0.25, 0.3) is 5.91 Å². The molecule has 4 aromatic rings. The van der Waals surface area contributed by atoms with Gasteiger partial charge in [-0.15, -0.1) is 0 Å². The first-order valence-electron chi connectivity index (χ1n) is 20.9. The fourth-order valence-corrected chi connectivity index (χ4v) is 10.2. The van der Waals surface area contributed by atoms with E-state index in [-0.39, 0.29) is 25.5 Å². The topological polar surface area (TPSA) is 190 Å². The zero-order valence-electron chi connectivity index (χ0n) is 32.8. The van der Waals surface area contributed by atoms with Crippen LogP contribution in [0.3, 0.4) is 0 Å². The maximum Gasteiger partial charge on any atom is 0.408 e. The third kappa shape index (κ3) is 8.10. The van der Waals surface area contributed by atoms with Gasteiger partial charge in [-0.25, -0.2) is 27.6 Å². The van der Waals surface area contributed by atoms with E-state index >= 15 is 0 Å². The molecule has 15 nitrogen and oxygen atoms in total. The van der Waals surface area contributed by atoms with Gasteiger partial charge in [-0.2, -0.15) is 0 Å². The highest BCUT2D eigenvalue weighted by Gasteiger charge is 2.62. The number of benzene rings is 2. The average molecular weight is 824 g/mol. The van der Waals surface area contributed by atoms with Gasteiger partial charge in [-0.3, -0.25) is 19.1 Å². The Balaban J connectivity index is 1.05. The summed E-state index contributed by atoms with van der Waals surface area (Å²) in [6, 6.07) is 16.9. The number of carbonyl (C=O) groups is 4. The van der Waals surface area contributed by atoms with Crippen molar-refractivity contribution in [2.75, 3.05) is 6.54 Å². The number of aromatic nitrogens is 3. The number of nitrogens with zero attached hydrogens (tertiary/aromatic N) is 4.